The molecule has 1 atom stereocenters. The Bertz CT molecular complexity index is 424. The number of amides is 1. The van der Waals surface area contributed by atoms with E-state index in [0.29, 0.717) is 23.9 Å². The van der Waals surface area contributed by atoms with Crippen molar-refractivity contribution in [3.05, 3.63) is 18.0 Å². The lowest BCUT2D eigenvalue weighted by molar-refractivity contribution is 0.0856. The molecule has 3 N–H and O–H groups in total. The second-order valence-corrected chi connectivity index (χ2v) is 5.44. The van der Waals surface area contributed by atoms with Gasteiger partial charge in [0.1, 0.15) is 5.69 Å². The molecule has 0 aliphatic carbocycles. The predicted molar refractivity (Wildman–Crippen MR) is 77.2 cm³/mol. The van der Waals surface area contributed by atoms with E-state index in [4.69, 9.17) is 10.5 Å². The maximum Gasteiger partial charge on any atom is 0.268 e. The van der Waals surface area contributed by atoms with Crippen LogP contribution in [0.3, 0.4) is 0 Å². The Morgan fingerprint density at radius 1 is 1.42 bits per heavy atom. The second-order valence-electron chi connectivity index (χ2n) is 5.44. The number of methoxy groups -OCH3 is 1. The van der Waals surface area contributed by atoms with Crippen LogP contribution < -0.4 is 11.1 Å². The molecule has 0 radical (unpaired) electrons. The summed E-state index contributed by atoms with van der Waals surface area (Å²) in [5, 5.41) is 3.00. The maximum atomic E-state index is 12.3. The summed E-state index contributed by atoms with van der Waals surface area (Å²) < 4.78 is 7.02. The number of nitrogens with one attached hydrogen (secondary N) is 1. The van der Waals surface area contributed by atoms with E-state index in [9.17, 15) is 4.79 Å². The molecular formula is C14H25N3O2. The van der Waals surface area contributed by atoms with Gasteiger partial charge in [-0.05, 0) is 25.8 Å². The van der Waals surface area contributed by atoms with Gasteiger partial charge >= 0.3 is 0 Å². The third-order valence-electron chi connectivity index (χ3n) is 3.13. The second kappa shape index (κ2) is 6.61. The van der Waals surface area contributed by atoms with Crippen LogP contribution in [0.2, 0.25) is 0 Å². The van der Waals surface area contributed by atoms with Gasteiger partial charge in [-0.2, -0.15) is 0 Å². The number of nitrogen functional groups attached to an aromatic ring is 1. The van der Waals surface area contributed by atoms with Crippen molar-refractivity contribution in [2.24, 2.45) is 5.92 Å². The fraction of sp³-hybridized carbons (Fsp3) is 0.643. The van der Waals surface area contributed by atoms with E-state index in [1.54, 1.807) is 19.4 Å². The minimum Gasteiger partial charge on any atom is -0.397 e. The number of ether oxygens (including phenoxy) is 1. The molecule has 0 saturated carbocycles. The highest BCUT2D eigenvalue weighted by atomic mass is 16.5. The standard InChI is InChI=1S/C14H25N3O2/c1-9(2)12(8-19-5)16-14(18)13-6-11(15)7-17(13)10(3)4/h6-7,9-10,12H,8,15H2,1-5H3,(H,16,18). The lowest BCUT2D eigenvalue weighted by atomic mass is 10.1. The van der Waals surface area contributed by atoms with E-state index >= 15 is 0 Å². The molecule has 1 amide bonds. The number of hydrogen-bond acceptors (Lipinski definition) is 3. The Balaban J connectivity index is 2.88. The van der Waals surface area contributed by atoms with Gasteiger partial charge in [-0.3, -0.25) is 4.79 Å². The van der Waals surface area contributed by atoms with Crippen LogP contribution >= 0.6 is 0 Å². The third kappa shape index (κ3) is 3.99. The summed E-state index contributed by atoms with van der Waals surface area (Å²) in [5.74, 6) is 0.199. The van der Waals surface area contributed by atoms with E-state index in [-0.39, 0.29) is 18.0 Å². The summed E-state index contributed by atoms with van der Waals surface area (Å²) in [4.78, 5) is 12.3. The van der Waals surface area contributed by atoms with Crippen molar-refractivity contribution < 1.29 is 9.53 Å². The molecule has 1 aromatic rings. The molecule has 0 saturated heterocycles. The number of nitrogens with two attached hydrogens (primary N) is 1. The van der Waals surface area contributed by atoms with Crippen molar-refractivity contribution in [2.45, 2.75) is 39.8 Å². The van der Waals surface area contributed by atoms with Crippen LogP contribution in [0.15, 0.2) is 12.3 Å². The summed E-state index contributed by atoms with van der Waals surface area (Å²) >= 11 is 0. The van der Waals surface area contributed by atoms with Gasteiger partial charge in [0.05, 0.1) is 18.3 Å². The topological polar surface area (TPSA) is 69.3 Å². The van der Waals surface area contributed by atoms with E-state index < -0.39 is 0 Å². The van der Waals surface area contributed by atoms with Crippen LogP contribution in [-0.2, 0) is 4.74 Å². The lowest BCUT2D eigenvalue weighted by Gasteiger charge is -2.22. The fourth-order valence-electron chi connectivity index (χ4n) is 1.93. The van der Waals surface area contributed by atoms with Gasteiger partial charge in [-0.25, -0.2) is 0 Å². The van der Waals surface area contributed by atoms with Crippen molar-refractivity contribution in [2.75, 3.05) is 19.5 Å². The van der Waals surface area contributed by atoms with Crippen molar-refractivity contribution >= 4 is 11.6 Å². The third-order valence-corrected chi connectivity index (χ3v) is 3.13. The molecule has 0 fully saturated rings. The molecule has 0 aliphatic heterocycles. The Labute approximate surface area is 115 Å². The molecule has 1 aromatic heterocycles. The summed E-state index contributed by atoms with van der Waals surface area (Å²) in [6.45, 7) is 8.65. The number of carbonyl (C=O) groups is 1. The molecule has 5 nitrogen and oxygen atoms in total. The highest BCUT2D eigenvalue weighted by molar-refractivity contribution is 5.94. The first kappa shape index (κ1) is 15.6. The predicted octanol–water partition coefficient (Wildman–Crippen LogP) is 2.05. The Kier molecular flexibility index (Phi) is 5.42. The average molecular weight is 267 g/mol. The number of aromatic nitrogens is 1. The van der Waals surface area contributed by atoms with E-state index in [1.165, 1.54) is 0 Å². The highest BCUT2D eigenvalue weighted by Crippen LogP contribution is 2.17. The molecule has 19 heavy (non-hydrogen) atoms. The molecule has 0 bridgehead atoms. The number of nitrogens with zero attached hydrogens (tertiary/aromatic N) is 1. The zero-order valence-corrected chi connectivity index (χ0v) is 12.4. The van der Waals surface area contributed by atoms with Gasteiger partial charge in [-0.15, -0.1) is 0 Å². The van der Waals surface area contributed by atoms with E-state index in [2.05, 4.69) is 19.2 Å². The monoisotopic (exact) mass is 267 g/mol. The number of hydrogen-bond donors (Lipinski definition) is 2. The molecule has 1 rings (SSSR count). The van der Waals surface area contributed by atoms with Crippen molar-refractivity contribution in [3.63, 3.8) is 0 Å². The van der Waals surface area contributed by atoms with E-state index in [0.717, 1.165) is 0 Å². The smallest absolute Gasteiger partial charge is 0.268 e. The highest BCUT2D eigenvalue weighted by Gasteiger charge is 2.20. The van der Waals surface area contributed by atoms with E-state index in [1.807, 2.05) is 18.4 Å². The van der Waals surface area contributed by atoms with Gasteiger partial charge in [0.2, 0.25) is 0 Å². The number of rotatable bonds is 6. The number of anilines is 1. The Morgan fingerprint density at radius 3 is 2.53 bits per heavy atom. The normalized spacial score (nSPS) is 13.0. The molecule has 1 heterocycles. The SMILES string of the molecule is COCC(NC(=O)c1cc(N)cn1C(C)C)C(C)C. The lowest BCUT2D eigenvalue weighted by Crippen LogP contribution is -2.42. The molecule has 108 valence electrons. The molecule has 0 aromatic carbocycles. The quantitative estimate of drug-likeness (QED) is 0.829. The number of carbonyl (C=O) groups excluding carboxylic acids is 1. The van der Waals surface area contributed by atoms with Gasteiger partial charge in [0.15, 0.2) is 0 Å². The molecular weight excluding hydrogens is 242 g/mol. The molecule has 0 spiro atoms. The molecule has 0 aliphatic rings. The van der Waals surface area contributed by atoms with Crippen LogP contribution in [0.5, 0.6) is 0 Å². The Morgan fingerprint density at radius 2 is 2.05 bits per heavy atom. The minimum absolute atomic E-state index is 0.00534. The largest absolute Gasteiger partial charge is 0.397 e. The fourth-order valence-corrected chi connectivity index (χ4v) is 1.93. The van der Waals surface area contributed by atoms with Gasteiger partial charge in [0.25, 0.3) is 5.91 Å². The van der Waals surface area contributed by atoms with Crippen molar-refractivity contribution in [1.82, 2.24) is 9.88 Å². The van der Waals surface area contributed by atoms with Crippen LogP contribution in [0.1, 0.15) is 44.2 Å². The van der Waals surface area contributed by atoms with Crippen molar-refractivity contribution in [3.8, 4) is 0 Å². The Hall–Kier alpha value is -1.49. The van der Waals surface area contributed by atoms with Crippen LogP contribution in [0.4, 0.5) is 5.69 Å². The first-order valence-electron chi connectivity index (χ1n) is 6.64. The van der Waals surface area contributed by atoms with Crippen LogP contribution in [-0.4, -0.2) is 30.2 Å². The van der Waals surface area contributed by atoms with Crippen LogP contribution in [0.25, 0.3) is 0 Å². The molecule has 5 heteroatoms. The zero-order chi connectivity index (χ0) is 14.6. The minimum atomic E-state index is -0.110. The van der Waals surface area contributed by atoms with Gasteiger partial charge < -0.3 is 20.4 Å². The maximum absolute atomic E-state index is 12.3. The van der Waals surface area contributed by atoms with Crippen molar-refractivity contribution in [1.29, 1.82) is 0 Å². The first-order chi connectivity index (χ1) is 8.86. The summed E-state index contributed by atoms with van der Waals surface area (Å²) in [7, 11) is 1.64. The average Bonchev–Trinajstić information content (AvgIpc) is 2.70. The molecule has 1 unspecified atom stereocenters. The van der Waals surface area contributed by atoms with Crippen LogP contribution in [0, 0.1) is 5.92 Å². The summed E-state index contributed by atoms with van der Waals surface area (Å²) in [5.41, 5.74) is 6.97. The summed E-state index contributed by atoms with van der Waals surface area (Å²) in [6, 6.07) is 1.90. The van der Waals surface area contributed by atoms with Gasteiger partial charge in [0, 0.05) is 19.3 Å². The summed E-state index contributed by atoms with van der Waals surface area (Å²) in [6.07, 6.45) is 1.79. The first-order valence-corrected chi connectivity index (χ1v) is 6.64. The van der Waals surface area contributed by atoms with Gasteiger partial charge in [-0.1, -0.05) is 13.8 Å². The zero-order valence-electron chi connectivity index (χ0n) is 12.4.